The van der Waals surface area contributed by atoms with Gasteiger partial charge in [0.25, 0.3) is 5.91 Å². The van der Waals surface area contributed by atoms with Crippen molar-refractivity contribution in [2.24, 2.45) is 5.92 Å². The number of nitrogens with one attached hydrogen (secondary N) is 2. The molecule has 0 spiro atoms. The molecule has 2 amide bonds. The van der Waals surface area contributed by atoms with Gasteiger partial charge in [-0.1, -0.05) is 25.5 Å². The summed E-state index contributed by atoms with van der Waals surface area (Å²) < 4.78 is 0. The number of anilines is 1. The maximum absolute atomic E-state index is 12.1. The maximum atomic E-state index is 12.1. The van der Waals surface area contributed by atoms with Gasteiger partial charge in [0, 0.05) is 23.7 Å². The van der Waals surface area contributed by atoms with Crippen LogP contribution in [0.25, 0.3) is 0 Å². The van der Waals surface area contributed by atoms with Crippen LogP contribution in [0, 0.1) is 5.92 Å². The van der Waals surface area contributed by atoms with Crippen molar-refractivity contribution in [1.29, 1.82) is 0 Å². The van der Waals surface area contributed by atoms with Crippen molar-refractivity contribution < 1.29 is 9.59 Å². The lowest BCUT2D eigenvalue weighted by Crippen LogP contribution is -2.25. The Morgan fingerprint density at radius 2 is 1.87 bits per heavy atom. The van der Waals surface area contributed by atoms with E-state index in [4.69, 9.17) is 0 Å². The normalized spacial score (nSPS) is 14.3. The molecule has 0 unspecified atom stereocenters. The molecule has 4 heteroatoms. The van der Waals surface area contributed by atoms with Crippen LogP contribution in [-0.4, -0.2) is 18.4 Å². The van der Waals surface area contributed by atoms with E-state index in [1.54, 1.807) is 24.3 Å². The first-order valence-electron chi connectivity index (χ1n) is 8.43. The molecule has 1 aromatic rings. The highest BCUT2D eigenvalue weighted by atomic mass is 16.2. The first kappa shape index (κ1) is 17.3. The van der Waals surface area contributed by atoms with E-state index >= 15 is 0 Å². The van der Waals surface area contributed by atoms with Gasteiger partial charge >= 0.3 is 0 Å². The fourth-order valence-corrected chi connectivity index (χ4v) is 2.56. The number of carbonyl (C=O) groups is 2. The van der Waals surface area contributed by atoms with E-state index in [0.717, 1.165) is 6.42 Å². The van der Waals surface area contributed by atoms with E-state index in [1.807, 2.05) is 13.8 Å². The molecule has 0 atom stereocenters. The van der Waals surface area contributed by atoms with Crippen molar-refractivity contribution >= 4 is 17.5 Å². The van der Waals surface area contributed by atoms with Crippen LogP contribution >= 0.6 is 0 Å². The minimum atomic E-state index is -0.0665. The van der Waals surface area contributed by atoms with Crippen LogP contribution in [0.4, 0.5) is 5.69 Å². The molecule has 0 fully saturated rings. The first-order valence-corrected chi connectivity index (χ1v) is 8.43. The van der Waals surface area contributed by atoms with Gasteiger partial charge in [0.15, 0.2) is 0 Å². The Hall–Kier alpha value is -2.10. The third-order valence-corrected chi connectivity index (χ3v) is 4.06. The Kier molecular flexibility index (Phi) is 6.39. The molecular formula is C19H26N2O2. The average Bonchev–Trinajstić information content (AvgIpc) is 2.56. The summed E-state index contributed by atoms with van der Waals surface area (Å²) in [4.78, 5) is 23.7. The summed E-state index contributed by atoms with van der Waals surface area (Å²) in [5, 5.41) is 5.77. The number of amides is 2. The summed E-state index contributed by atoms with van der Waals surface area (Å²) in [6.07, 6.45) is 8.14. The average molecular weight is 314 g/mol. The molecule has 0 bridgehead atoms. The summed E-state index contributed by atoms with van der Waals surface area (Å²) in [5.41, 5.74) is 2.79. The van der Waals surface area contributed by atoms with Gasteiger partial charge in [-0.05, 0) is 56.4 Å². The summed E-state index contributed by atoms with van der Waals surface area (Å²) in [5.74, 6) is -0.154. The molecular weight excluding hydrogens is 288 g/mol. The molecule has 1 aromatic carbocycles. The molecule has 0 aliphatic heterocycles. The SMILES string of the molecule is CC(C)C(=O)Nc1ccc(C(=O)NCCC2=CCCCC2)cc1. The highest BCUT2D eigenvalue weighted by molar-refractivity contribution is 5.96. The van der Waals surface area contributed by atoms with E-state index < -0.39 is 0 Å². The van der Waals surface area contributed by atoms with Gasteiger partial charge in [-0.3, -0.25) is 9.59 Å². The summed E-state index contributed by atoms with van der Waals surface area (Å²) in [6, 6.07) is 7.01. The van der Waals surface area contributed by atoms with E-state index in [2.05, 4.69) is 16.7 Å². The lowest BCUT2D eigenvalue weighted by atomic mass is 9.97. The smallest absolute Gasteiger partial charge is 0.251 e. The van der Waals surface area contributed by atoms with Crippen LogP contribution in [0.3, 0.4) is 0 Å². The lowest BCUT2D eigenvalue weighted by Gasteiger charge is -2.13. The first-order chi connectivity index (χ1) is 11.1. The largest absolute Gasteiger partial charge is 0.352 e. The van der Waals surface area contributed by atoms with Crippen molar-refractivity contribution in [2.75, 3.05) is 11.9 Å². The molecule has 124 valence electrons. The van der Waals surface area contributed by atoms with Crippen LogP contribution in [0.2, 0.25) is 0 Å². The predicted molar refractivity (Wildman–Crippen MR) is 93.4 cm³/mol. The topological polar surface area (TPSA) is 58.2 Å². The highest BCUT2D eigenvalue weighted by Gasteiger charge is 2.09. The molecule has 0 heterocycles. The third kappa shape index (κ3) is 5.55. The number of allylic oxidation sites excluding steroid dienone is 1. The van der Waals surface area contributed by atoms with Gasteiger partial charge in [0.1, 0.15) is 0 Å². The van der Waals surface area contributed by atoms with Gasteiger partial charge in [0.2, 0.25) is 5.91 Å². The predicted octanol–water partition coefficient (Wildman–Crippen LogP) is 3.90. The van der Waals surface area contributed by atoms with E-state index in [1.165, 1.54) is 31.3 Å². The zero-order valence-electron chi connectivity index (χ0n) is 14.0. The number of hydrogen-bond acceptors (Lipinski definition) is 2. The highest BCUT2D eigenvalue weighted by Crippen LogP contribution is 2.19. The molecule has 0 radical (unpaired) electrons. The van der Waals surface area contributed by atoms with E-state index in [-0.39, 0.29) is 17.7 Å². The van der Waals surface area contributed by atoms with Gasteiger partial charge in [-0.2, -0.15) is 0 Å². The number of rotatable bonds is 6. The zero-order chi connectivity index (χ0) is 16.7. The third-order valence-electron chi connectivity index (χ3n) is 4.06. The summed E-state index contributed by atoms with van der Waals surface area (Å²) >= 11 is 0. The van der Waals surface area contributed by atoms with Crippen molar-refractivity contribution in [1.82, 2.24) is 5.32 Å². The van der Waals surface area contributed by atoms with Crippen LogP contribution in [-0.2, 0) is 4.79 Å². The molecule has 2 rings (SSSR count). The zero-order valence-corrected chi connectivity index (χ0v) is 14.0. The van der Waals surface area contributed by atoms with Gasteiger partial charge in [-0.15, -0.1) is 0 Å². The van der Waals surface area contributed by atoms with Gasteiger partial charge in [0.05, 0.1) is 0 Å². The Balaban J connectivity index is 1.80. The standard InChI is InChI=1S/C19H26N2O2/c1-14(2)18(22)21-17-10-8-16(9-11-17)19(23)20-13-12-15-6-4-3-5-7-15/h6,8-11,14H,3-5,7,12-13H2,1-2H3,(H,20,23)(H,21,22). The van der Waals surface area contributed by atoms with Crippen molar-refractivity contribution in [3.8, 4) is 0 Å². The van der Waals surface area contributed by atoms with Crippen LogP contribution in [0.15, 0.2) is 35.9 Å². The quantitative estimate of drug-likeness (QED) is 0.782. The molecule has 0 aromatic heterocycles. The molecule has 23 heavy (non-hydrogen) atoms. The Morgan fingerprint density at radius 3 is 2.48 bits per heavy atom. The second kappa shape index (κ2) is 8.51. The summed E-state index contributed by atoms with van der Waals surface area (Å²) in [7, 11) is 0. The Bertz CT molecular complexity index is 574. The molecule has 4 nitrogen and oxygen atoms in total. The van der Waals surface area contributed by atoms with Crippen LogP contribution in [0.5, 0.6) is 0 Å². The fourth-order valence-electron chi connectivity index (χ4n) is 2.56. The van der Waals surface area contributed by atoms with Gasteiger partial charge < -0.3 is 10.6 Å². The maximum Gasteiger partial charge on any atom is 0.251 e. The number of carbonyl (C=O) groups excluding carboxylic acids is 2. The van der Waals surface area contributed by atoms with E-state index in [9.17, 15) is 9.59 Å². The van der Waals surface area contributed by atoms with Gasteiger partial charge in [-0.25, -0.2) is 0 Å². The molecule has 1 aliphatic carbocycles. The Labute approximate surface area is 138 Å². The molecule has 0 saturated carbocycles. The summed E-state index contributed by atoms with van der Waals surface area (Å²) in [6.45, 7) is 4.37. The second-order valence-corrected chi connectivity index (χ2v) is 6.34. The van der Waals surface area contributed by atoms with Crippen molar-refractivity contribution in [2.45, 2.75) is 46.0 Å². The molecule has 2 N–H and O–H groups in total. The number of benzene rings is 1. The van der Waals surface area contributed by atoms with E-state index in [0.29, 0.717) is 17.8 Å². The van der Waals surface area contributed by atoms with Crippen molar-refractivity contribution in [3.05, 3.63) is 41.5 Å². The molecule has 1 aliphatic rings. The Morgan fingerprint density at radius 1 is 1.13 bits per heavy atom. The van der Waals surface area contributed by atoms with Crippen molar-refractivity contribution in [3.63, 3.8) is 0 Å². The minimum absolute atomic E-state index is 0.0250. The second-order valence-electron chi connectivity index (χ2n) is 6.34. The monoisotopic (exact) mass is 314 g/mol. The van der Waals surface area contributed by atoms with Crippen LogP contribution < -0.4 is 10.6 Å². The lowest BCUT2D eigenvalue weighted by molar-refractivity contribution is -0.118. The number of hydrogen-bond donors (Lipinski definition) is 2. The minimum Gasteiger partial charge on any atom is -0.352 e. The fraction of sp³-hybridized carbons (Fsp3) is 0.474. The van der Waals surface area contributed by atoms with Crippen LogP contribution in [0.1, 0.15) is 56.3 Å². The molecule has 0 saturated heterocycles.